The molecular formula is C19H20F2N4O2. The van der Waals surface area contributed by atoms with Crippen molar-refractivity contribution in [2.24, 2.45) is 0 Å². The van der Waals surface area contributed by atoms with Gasteiger partial charge in [0.1, 0.15) is 11.6 Å². The molecule has 8 heteroatoms. The summed E-state index contributed by atoms with van der Waals surface area (Å²) in [4.78, 5) is 28.4. The first-order chi connectivity index (χ1) is 12.9. The third-order valence-corrected chi connectivity index (χ3v) is 4.38. The van der Waals surface area contributed by atoms with Gasteiger partial charge in [0.2, 0.25) is 0 Å². The number of hydrogen-bond donors (Lipinski definition) is 2. The number of nitrogens with zero attached hydrogens (tertiary/aromatic N) is 2. The van der Waals surface area contributed by atoms with Crippen LogP contribution in [-0.2, 0) is 9.59 Å². The van der Waals surface area contributed by atoms with Gasteiger partial charge >= 0.3 is 11.8 Å². The molecule has 0 bridgehead atoms. The van der Waals surface area contributed by atoms with Crippen LogP contribution in [0.3, 0.4) is 0 Å². The maximum absolute atomic E-state index is 13.6. The molecule has 0 saturated carbocycles. The molecule has 1 heterocycles. The SMILES string of the molecule is CN1CCN(c2ccc(NC(=O)C(=O)Nc3ccc(F)cc3F)cc2)CC1. The number of benzene rings is 2. The first-order valence-electron chi connectivity index (χ1n) is 8.53. The van der Waals surface area contributed by atoms with Crippen LogP contribution in [0.25, 0.3) is 0 Å². The highest BCUT2D eigenvalue weighted by Gasteiger charge is 2.17. The van der Waals surface area contributed by atoms with Crippen molar-refractivity contribution in [2.75, 3.05) is 48.8 Å². The molecule has 0 unspecified atom stereocenters. The summed E-state index contributed by atoms with van der Waals surface area (Å²) in [5.74, 6) is -3.70. The molecule has 0 aromatic heterocycles. The lowest BCUT2D eigenvalue weighted by molar-refractivity contribution is -0.133. The molecule has 142 valence electrons. The largest absolute Gasteiger partial charge is 0.369 e. The summed E-state index contributed by atoms with van der Waals surface area (Å²) in [6.07, 6.45) is 0. The molecule has 0 aliphatic carbocycles. The Bertz CT molecular complexity index is 834. The van der Waals surface area contributed by atoms with Crippen molar-refractivity contribution >= 4 is 28.9 Å². The lowest BCUT2D eigenvalue weighted by Gasteiger charge is -2.34. The van der Waals surface area contributed by atoms with Gasteiger partial charge in [0, 0.05) is 43.6 Å². The van der Waals surface area contributed by atoms with Crippen LogP contribution >= 0.6 is 0 Å². The third-order valence-electron chi connectivity index (χ3n) is 4.38. The Morgan fingerprint density at radius 1 is 0.889 bits per heavy atom. The zero-order valence-corrected chi connectivity index (χ0v) is 14.8. The quantitative estimate of drug-likeness (QED) is 0.810. The molecule has 1 aliphatic rings. The Kier molecular flexibility index (Phi) is 5.66. The fourth-order valence-electron chi connectivity index (χ4n) is 2.78. The van der Waals surface area contributed by atoms with E-state index in [0.29, 0.717) is 11.8 Å². The summed E-state index contributed by atoms with van der Waals surface area (Å²) in [5, 5.41) is 4.57. The van der Waals surface area contributed by atoms with Crippen LogP contribution in [0.4, 0.5) is 25.8 Å². The minimum atomic E-state index is -1.04. The number of carbonyl (C=O) groups excluding carboxylic acids is 2. The molecule has 3 rings (SSSR count). The number of piperazine rings is 1. The minimum Gasteiger partial charge on any atom is -0.369 e. The van der Waals surface area contributed by atoms with Crippen molar-refractivity contribution in [1.29, 1.82) is 0 Å². The lowest BCUT2D eigenvalue weighted by atomic mass is 10.2. The molecule has 1 aliphatic heterocycles. The third kappa shape index (κ3) is 4.79. The van der Waals surface area contributed by atoms with Crippen LogP contribution in [0.5, 0.6) is 0 Å². The number of carbonyl (C=O) groups is 2. The highest BCUT2D eigenvalue weighted by Crippen LogP contribution is 2.19. The van der Waals surface area contributed by atoms with Crippen molar-refractivity contribution < 1.29 is 18.4 Å². The number of anilines is 3. The number of likely N-dealkylation sites (N-methyl/N-ethyl adjacent to an activating group) is 1. The van der Waals surface area contributed by atoms with E-state index in [1.165, 1.54) is 0 Å². The zero-order valence-electron chi connectivity index (χ0n) is 14.8. The Balaban J connectivity index is 1.57. The summed E-state index contributed by atoms with van der Waals surface area (Å²) in [6, 6.07) is 9.84. The molecule has 6 nitrogen and oxygen atoms in total. The van der Waals surface area contributed by atoms with E-state index in [1.807, 2.05) is 12.1 Å². The van der Waals surface area contributed by atoms with E-state index in [2.05, 4.69) is 27.5 Å². The average molecular weight is 374 g/mol. The van der Waals surface area contributed by atoms with E-state index in [-0.39, 0.29) is 5.69 Å². The normalized spacial score (nSPS) is 14.7. The van der Waals surface area contributed by atoms with Gasteiger partial charge in [0.15, 0.2) is 0 Å². The monoisotopic (exact) mass is 374 g/mol. The van der Waals surface area contributed by atoms with E-state index in [0.717, 1.165) is 44.0 Å². The maximum Gasteiger partial charge on any atom is 0.314 e. The highest BCUT2D eigenvalue weighted by atomic mass is 19.1. The second kappa shape index (κ2) is 8.13. The van der Waals surface area contributed by atoms with Crippen LogP contribution in [0.15, 0.2) is 42.5 Å². The standard InChI is InChI=1S/C19H20F2N4O2/c1-24-8-10-25(11-9-24)15-5-3-14(4-6-15)22-18(26)19(27)23-17-7-2-13(20)12-16(17)21/h2-7,12H,8-11H2,1H3,(H,22,26)(H,23,27). The predicted molar refractivity (Wildman–Crippen MR) is 99.8 cm³/mol. The Labute approximate surface area is 155 Å². The predicted octanol–water partition coefficient (Wildman–Crippen LogP) is 2.29. The second-order valence-corrected chi connectivity index (χ2v) is 6.37. The fraction of sp³-hybridized carbons (Fsp3) is 0.263. The van der Waals surface area contributed by atoms with E-state index in [4.69, 9.17) is 0 Å². The summed E-state index contributed by atoms with van der Waals surface area (Å²) in [7, 11) is 2.08. The summed E-state index contributed by atoms with van der Waals surface area (Å²) in [6.45, 7) is 3.82. The number of halogens is 2. The number of nitrogens with one attached hydrogen (secondary N) is 2. The van der Waals surface area contributed by atoms with E-state index < -0.39 is 23.4 Å². The molecule has 2 N–H and O–H groups in total. The van der Waals surface area contributed by atoms with Gasteiger partial charge in [-0.3, -0.25) is 9.59 Å². The maximum atomic E-state index is 13.6. The summed E-state index contributed by atoms with van der Waals surface area (Å²) >= 11 is 0. The smallest absolute Gasteiger partial charge is 0.314 e. The van der Waals surface area contributed by atoms with E-state index >= 15 is 0 Å². The van der Waals surface area contributed by atoms with Gasteiger partial charge in [-0.1, -0.05) is 0 Å². The van der Waals surface area contributed by atoms with Crippen molar-refractivity contribution in [1.82, 2.24) is 4.90 Å². The first-order valence-corrected chi connectivity index (χ1v) is 8.53. The van der Waals surface area contributed by atoms with Crippen LogP contribution in [0.2, 0.25) is 0 Å². The van der Waals surface area contributed by atoms with Crippen LogP contribution in [0.1, 0.15) is 0 Å². The molecule has 1 saturated heterocycles. The first kappa shape index (κ1) is 18.8. The Hall–Kier alpha value is -3.00. The lowest BCUT2D eigenvalue weighted by Crippen LogP contribution is -2.44. The van der Waals surface area contributed by atoms with Gasteiger partial charge in [-0.15, -0.1) is 0 Å². The Morgan fingerprint density at radius 2 is 1.52 bits per heavy atom. The molecule has 2 aromatic carbocycles. The van der Waals surface area contributed by atoms with Crippen molar-refractivity contribution in [3.63, 3.8) is 0 Å². The molecule has 0 spiro atoms. The van der Waals surface area contributed by atoms with Gasteiger partial charge in [-0.05, 0) is 43.4 Å². The molecular weight excluding hydrogens is 354 g/mol. The Morgan fingerprint density at radius 3 is 2.15 bits per heavy atom. The van der Waals surface area contributed by atoms with Crippen molar-refractivity contribution in [2.45, 2.75) is 0 Å². The molecule has 2 amide bonds. The van der Waals surface area contributed by atoms with Gasteiger partial charge in [0.05, 0.1) is 5.69 Å². The molecule has 1 fully saturated rings. The second-order valence-electron chi connectivity index (χ2n) is 6.37. The number of hydrogen-bond acceptors (Lipinski definition) is 4. The van der Waals surface area contributed by atoms with Crippen LogP contribution in [0, 0.1) is 11.6 Å². The summed E-state index contributed by atoms with van der Waals surface area (Å²) in [5.41, 5.74) is 1.23. The van der Waals surface area contributed by atoms with E-state index in [1.54, 1.807) is 12.1 Å². The van der Waals surface area contributed by atoms with E-state index in [9.17, 15) is 18.4 Å². The van der Waals surface area contributed by atoms with Crippen LogP contribution in [-0.4, -0.2) is 49.9 Å². The molecule has 2 aromatic rings. The van der Waals surface area contributed by atoms with Gasteiger partial charge in [0.25, 0.3) is 0 Å². The van der Waals surface area contributed by atoms with Gasteiger partial charge < -0.3 is 20.4 Å². The molecule has 0 radical (unpaired) electrons. The van der Waals surface area contributed by atoms with Gasteiger partial charge in [-0.25, -0.2) is 8.78 Å². The average Bonchev–Trinajstić information content (AvgIpc) is 2.65. The minimum absolute atomic E-state index is 0.262. The van der Waals surface area contributed by atoms with Crippen molar-refractivity contribution in [3.8, 4) is 0 Å². The van der Waals surface area contributed by atoms with Crippen molar-refractivity contribution in [3.05, 3.63) is 54.1 Å². The fourth-order valence-corrected chi connectivity index (χ4v) is 2.78. The highest BCUT2D eigenvalue weighted by molar-refractivity contribution is 6.43. The zero-order chi connectivity index (χ0) is 19.4. The topological polar surface area (TPSA) is 64.7 Å². The van der Waals surface area contributed by atoms with Crippen LogP contribution < -0.4 is 15.5 Å². The molecule has 0 atom stereocenters. The van der Waals surface area contributed by atoms with Gasteiger partial charge in [-0.2, -0.15) is 0 Å². The number of amides is 2. The number of rotatable bonds is 3. The molecule has 27 heavy (non-hydrogen) atoms. The summed E-state index contributed by atoms with van der Waals surface area (Å²) < 4.78 is 26.4.